The van der Waals surface area contributed by atoms with Crippen molar-refractivity contribution in [1.29, 1.82) is 0 Å². The first-order valence-electron chi connectivity index (χ1n) is 5.01. The van der Waals surface area contributed by atoms with Crippen molar-refractivity contribution in [2.24, 2.45) is 0 Å². The van der Waals surface area contributed by atoms with Crippen LogP contribution in [0.1, 0.15) is 12.5 Å². The summed E-state index contributed by atoms with van der Waals surface area (Å²) in [7, 11) is 0.0365. The van der Waals surface area contributed by atoms with Crippen LogP contribution in [0.5, 0.6) is 0 Å². The van der Waals surface area contributed by atoms with Crippen molar-refractivity contribution in [3.8, 4) is 0 Å². The van der Waals surface area contributed by atoms with Gasteiger partial charge in [-0.25, -0.2) is 0 Å². The SMILES string of the molecule is CCOP(OC)OCc1ccccc1[N+](=O)[O-].P. The number of hydrogen-bond donors (Lipinski definition) is 0. The van der Waals surface area contributed by atoms with Crippen molar-refractivity contribution in [3.05, 3.63) is 39.9 Å². The summed E-state index contributed by atoms with van der Waals surface area (Å²) in [5.74, 6) is 0. The van der Waals surface area contributed by atoms with Crippen LogP contribution < -0.4 is 0 Å². The fraction of sp³-hybridized carbons (Fsp3) is 0.400. The molecule has 2 atom stereocenters. The molecule has 0 aliphatic carbocycles. The highest BCUT2D eigenvalue weighted by molar-refractivity contribution is 7.41. The highest BCUT2D eigenvalue weighted by atomic mass is 31.2. The molecule has 18 heavy (non-hydrogen) atoms. The van der Waals surface area contributed by atoms with Gasteiger partial charge in [0, 0.05) is 13.2 Å². The molecule has 0 aliphatic heterocycles. The largest absolute Gasteiger partial charge is 0.332 e. The number of nitro groups is 1. The van der Waals surface area contributed by atoms with E-state index in [4.69, 9.17) is 13.6 Å². The minimum atomic E-state index is -1.44. The zero-order chi connectivity index (χ0) is 12.7. The lowest BCUT2D eigenvalue weighted by atomic mass is 10.2. The Morgan fingerprint density at radius 3 is 2.56 bits per heavy atom. The van der Waals surface area contributed by atoms with Gasteiger partial charge in [0.05, 0.1) is 23.7 Å². The van der Waals surface area contributed by atoms with E-state index in [1.54, 1.807) is 18.2 Å². The minimum Gasteiger partial charge on any atom is -0.316 e. The van der Waals surface area contributed by atoms with Crippen molar-refractivity contribution >= 4 is 24.2 Å². The van der Waals surface area contributed by atoms with Gasteiger partial charge >= 0.3 is 8.60 Å². The molecule has 0 spiro atoms. The topological polar surface area (TPSA) is 70.8 Å². The Bertz CT molecular complexity index is 377. The number of rotatable bonds is 7. The van der Waals surface area contributed by atoms with Gasteiger partial charge in [-0.2, -0.15) is 9.90 Å². The molecule has 0 aliphatic rings. The number of nitrogens with zero attached hydrogens (tertiary/aromatic N) is 1. The smallest absolute Gasteiger partial charge is 0.316 e. The van der Waals surface area contributed by atoms with Crippen LogP contribution in [0, 0.1) is 10.1 Å². The molecule has 0 heterocycles. The summed E-state index contributed by atoms with van der Waals surface area (Å²) in [6.07, 6.45) is 0. The zero-order valence-electron chi connectivity index (χ0n) is 10.4. The average Bonchev–Trinajstić information content (AvgIpc) is 2.34. The van der Waals surface area contributed by atoms with Gasteiger partial charge < -0.3 is 13.6 Å². The fourth-order valence-electron chi connectivity index (χ4n) is 1.18. The van der Waals surface area contributed by atoms with Gasteiger partial charge in [0.2, 0.25) is 0 Å². The van der Waals surface area contributed by atoms with Gasteiger partial charge in [-0.05, 0) is 13.0 Å². The Morgan fingerprint density at radius 1 is 1.33 bits per heavy atom. The van der Waals surface area contributed by atoms with Crippen molar-refractivity contribution in [3.63, 3.8) is 0 Å². The van der Waals surface area contributed by atoms with Crippen LogP contribution in [-0.4, -0.2) is 18.6 Å². The molecule has 0 aromatic heterocycles. The maximum atomic E-state index is 10.8. The van der Waals surface area contributed by atoms with Gasteiger partial charge in [-0.3, -0.25) is 10.1 Å². The summed E-state index contributed by atoms with van der Waals surface area (Å²) < 4.78 is 15.5. The highest BCUT2D eigenvalue weighted by Crippen LogP contribution is 2.39. The Balaban J connectivity index is 0.00000289. The number of hydrogen-bond acceptors (Lipinski definition) is 5. The normalized spacial score (nSPS) is 11.7. The van der Waals surface area contributed by atoms with E-state index in [-0.39, 0.29) is 22.2 Å². The second-order valence-corrected chi connectivity index (χ2v) is 4.31. The lowest BCUT2D eigenvalue weighted by Gasteiger charge is -2.13. The van der Waals surface area contributed by atoms with E-state index in [9.17, 15) is 10.1 Å². The quantitative estimate of drug-likeness (QED) is 0.439. The summed E-state index contributed by atoms with van der Waals surface area (Å²) >= 11 is 0. The first-order valence-corrected chi connectivity index (χ1v) is 6.11. The minimum absolute atomic E-state index is 0. The van der Waals surface area contributed by atoms with Gasteiger partial charge in [-0.15, -0.1) is 0 Å². The average molecular weight is 293 g/mol. The van der Waals surface area contributed by atoms with Crippen molar-refractivity contribution < 1.29 is 18.5 Å². The van der Waals surface area contributed by atoms with Gasteiger partial charge in [0.25, 0.3) is 5.69 Å². The zero-order valence-corrected chi connectivity index (χ0v) is 12.7. The summed E-state index contributed by atoms with van der Waals surface area (Å²) in [5.41, 5.74) is 0.539. The highest BCUT2D eigenvalue weighted by Gasteiger charge is 2.15. The van der Waals surface area contributed by atoms with Crippen LogP contribution in [0.4, 0.5) is 5.69 Å². The molecule has 8 heteroatoms. The summed E-state index contributed by atoms with van der Waals surface area (Å²) in [4.78, 5) is 10.3. The molecule has 0 saturated carbocycles. The third-order valence-electron chi connectivity index (χ3n) is 1.90. The number of nitro benzene ring substituents is 1. The van der Waals surface area contributed by atoms with E-state index in [1.165, 1.54) is 13.2 Å². The van der Waals surface area contributed by atoms with E-state index in [2.05, 4.69) is 0 Å². The van der Waals surface area contributed by atoms with Crippen LogP contribution in [0.15, 0.2) is 24.3 Å². The molecule has 1 aromatic carbocycles. The van der Waals surface area contributed by atoms with E-state index in [1.807, 2.05) is 6.92 Å². The summed E-state index contributed by atoms with van der Waals surface area (Å²) in [6, 6.07) is 6.42. The maximum Gasteiger partial charge on any atom is 0.332 e. The molecule has 1 aromatic rings. The molecule has 0 fully saturated rings. The van der Waals surface area contributed by atoms with Crippen molar-refractivity contribution in [2.45, 2.75) is 13.5 Å². The molecule has 0 amide bonds. The van der Waals surface area contributed by atoms with Gasteiger partial charge in [0.1, 0.15) is 0 Å². The van der Waals surface area contributed by atoms with E-state index < -0.39 is 13.5 Å². The third kappa shape index (κ3) is 5.34. The predicted octanol–water partition coefficient (Wildman–Crippen LogP) is 3.08. The second-order valence-electron chi connectivity index (χ2n) is 2.98. The molecular weight excluding hydrogens is 276 g/mol. The predicted molar refractivity (Wildman–Crippen MR) is 74.5 cm³/mol. The van der Waals surface area contributed by atoms with Crippen LogP contribution in [0.3, 0.4) is 0 Å². The maximum absolute atomic E-state index is 10.8. The molecule has 0 bridgehead atoms. The summed E-state index contributed by atoms with van der Waals surface area (Å²) in [5, 5.41) is 10.8. The molecule has 2 unspecified atom stereocenters. The number of para-hydroxylation sites is 1. The third-order valence-corrected chi connectivity index (χ3v) is 3.00. The number of benzene rings is 1. The van der Waals surface area contributed by atoms with E-state index in [0.717, 1.165) is 0 Å². The molecule has 102 valence electrons. The fourth-order valence-corrected chi connectivity index (χ4v) is 1.92. The first kappa shape index (κ1) is 17.4. The van der Waals surface area contributed by atoms with E-state index >= 15 is 0 Å². The Labute approximate surface area is 110 Å². The van der Waals surface area contributed by atoms with E-state index in [0.29, 0.717) is 12.2 Å². The lowest BCUT2D eigenvalue weighted by molar-refractivity contribution is -0.385. The first-order chi connectivity index (χ1) is 8.19. The standard InChI is InChI=1S/C10H14NO5P.H3P/c1-3-15-17(14-2)16-8-9-6-4-5-7-10(9)11(12)13;/h4-7H,3,8H2,1-2H3;1H3. The molecule has 1 rings (SSSR count). The van der Waals surface area contributed by atoms with Crippen molar-refractivity contribution in [2.75, 3.05) is 13.7 Å². The van der Waals surface area contributed by atoms with Crippen molar-refractivity contribution in [1.82, 2.24) is 0 Å². The molecule has 0 N–H and O–H groups in total. The molecule has 0 radical (unpaired) electrons. The van der Waals surface area contributed by atoms with Gasteiger partial charge in [0.15, 0.2) is 0 Å². The van der Waals surface area contributed by atoms with Crippen LogP contribution in [0.25, 0.3) is 0 Å². The summed E-state index contributed by atoms with van der Waals surface area (Å²) in [6.45, 7) is 2.38. The Morgan fingerprint density at radius 2 is 2.00 bits per heavy atom. The van der Waals surface area contributed by atoms with Crippen LogP contribution >= 0.6 is 18.5 Å². The molecule has 6 nitrogen and oxygen atoms in total. The second kappa shape index (κ2) is 9.31. The van der Waals surface area contributed by atoms with Gasteiger partial charge in [-0.1, -0.05) is 12.1 Å². The lowest BCUT2D eigenvalue weighted by Crippen LogP contribution is -1.98. The molecule has 0 saturated heterocycles. The monoisotopic (exact) mass is 293 g/mol. The Kier molecular flexibility index (Phi) is 8.98. The van der Waals surface area contributed by atoms with Crippen LogP contribution in [0.2, 0.25) is 0 Å². The Hall–Kier alpha value is -0.640. The van der Waals surface area contributed by atoms with Crippen LogP contribution in [-0.2, 0) is 20.2 Å². The molecular formula is C10H17NO5P2.